The maximum Gasteiger partial charge on any atom is 0.266 e. The van der Waals surface area contributed by atoms with Gasteiger partial charge in [-0.05, 0) is 38.8 Å². The molecule has 2 aliphatic heterocycles. The molecule has 9 heteroatoms. The minimum atomic E-state index is -2.87. The quantitative estimate of drug-likeness (QED) is 0.607. The number of hydrogen-bond acceptors (Lipinski definition) is 6. The first-order valence-corrected chi connectivity index (χ1v) is 11.2. The Bertz CT molecular complexity index is 1170. The minimum Gasteiger partial charge on any atom is -0.363 e. The number of aryl methyl sites for hydroxylation is 1. The highest BCUT2D eigenvalue weighted by molar-refractivity contribution is 5.90. The molecule has 0 radical (unpaired) electrons. The molecule has 5 rings (SSSR count). The van der Waals surface area contributed by atoms with Crippen LogP contribution >= 0.6 is 0 Å². The van der Waals surface area contributed by atoms with Crippen molar-refractivity contribution in [1.82, 2.24) is 19.9 Å². The van der Waals surface area contributed by atoms with Gasteiger partial charge in [0.1, 0.15) is 23.3 Å². The third-order valence-electron chi connectivity index (χ3n) is 6.79. The number of alkyl halides is 2. The summed E-state index contributed by atoms with van der Waals surface area (Å²) in [5.74, 6) is 2.35. The molecule has 3 aromatic rings. The highest BCUT2D eigenvalue weighted by Gasteiger charge is 2.39. The molecule has 33 heavy (non-hydrogen) atoms. The highest BCUT2D eigenvalue weighted by Crippen LogP contribution is 2.35. The zero-order valence-corrected chi connectivity index (χ0v) is 18.9. The molecule has 2 aliphatic rings. The Morgan fingerprint density at radius 2 is 1.76 bits per heavy atom. The maximum absolute atomic E-state index is 14.7. The number of halogens is 3. The number of rotatable bonds is 5. The monoisotopic (exact) mass is 456 g/mol. The van der Waals surface area contributed by atoms with E-state index < -0.39 is 23.8 Å². The van der Waals surface area contributed by atoms with Gasteiger partial charge in [-0.15, -0.1) is 0 Å². The Labute approximate surface area is 190 Å². The average Bonchev–Trinajstić information content (AvgIpc) is 3.30. The molecule has 0 amide bonds. The summed E-state index contributed by atoms with van der Waals surface area (Å²) in [6.07, 6.45) is -1.12. The van der Waals surface area contributed by atoms with Gasteiger partial charge in [0.2, 0.25) is 0 Å². The molecule has 2 saturated heterocycles. The number of likely N-dealkylation sites (tertiary alicyclic amines) is 1. The number of anilines is 2. The Hall–Kier alpha value is -2.94. The van der Waals surface area contributed by atoms with Crippen LogP contribution in [0.1, 0.15) is 36.3 Å². The standard InChI is InChI=1S/C24H27F3N6/c1-13(17-5-4-6-18(22(17)25)23(26)27)29-24-19-7-21(28-8-20(19)30-14(2)31-24)33-11-15-9-32(3)10-16(15)12-33/h4-8,13,15-16,23H,9-12H2,1-3H3,(H,29,30,31)/t13-,15?,16?/m1/s1. The van der Waals surface area contributed by atoms with Crippen LogP contribution in [-0.2, 0) is 0 Å². The number of nitrogens with one attached hydrogen (secondary N) is 1. The number of fused-ring (bicyclic) bond motifs is 2. The normalized spacial score (nSPS) is 21.7. The fraction of sp³-hybridized carbons (Fsp3) is 0.458. The summed E-state index contributed by atoms with van der Waals surface area (Å²) >= 11 is 0. The van der Waals surface area contributed by atoms with Gasteiger partial charge in [0, 0.05) is 37.1 Å². The molecule has 0 bridgehead atoms. The van der Waals surface area contributed by atoms with E-state index >= 15 is 0 Å². The van der Waals surface area contributed by atoms with Crippen LogP contribution in [0.15, 0.2) is 30.5 Å². The zero-order valence-electron chi connectivity index (χ0n) is 18.9. The van der Waals surface area contributed by atoms with Gasteiger partial charge < -0.3 is 15.1 Å². The van der Waals surface area contributed by atoms with Crippen LogP contribution in [0.25, 0.3) is 10.9 Å². The predicted octanol–water partition coefficient (Wildman–Crippen LogP) is 4.58. The lowest BCUT2D eigenvalue weighted by Gasteiger charge is -2.22. The van der Waals surface area contributed by atoms with Crippen molar-refractivity contribution in [3.8, 4) is 0 Å². The molecular formula is C24H27F3N6. The van der Waals surface area contributed by atoms with Crippen LogP contribution in [0.4, 0.5) is 24.8 Å². The van der Waals surface area contributed by atoms with E-state index in [4.69, 9.17) is 0 Å². The first-order chi connectivity index (χ1) is 15.8. The minimum absolute atomic E-state index is 0.169. The van der Waals surface area contributed by atoms with Crippen molar-refractivity contribution in [3.63, 3.8) is 0 Å². The summed E-state index contributed by atoms with van der Waals surface area (Å²) in [6.45, 7) is 7.64. The van der Waals surface area contributed by atoms with Crippen LogP contribution in [0.3, 0.4) is 0 Å². The van der Waals surface area contributed by atoms with Gasteiger partial charge in [-0.2, -0.15) is 0 Å². The first kappa shape index (κ1) is 21.9. The molecule has 2 unspecified atom stereocenters. The van der Waals surface area contributed by atoms with Gasteiger partial charge in [-0.3, -0.25) is 0 Å². The lowest BCUT2D eigenvalue weighted by Crippen LogP contribution is -2.27. The summed E-state index contributed by atoms with van der Waals surface area (Å²) < 4.78 is 41.0. The SMILES string of the molecule is Cc1nc(N[C@H](C)c2cccc(C(F)F)c2F)c2cc(N3CC4CN(C)CC4C3)ncc2n1. The van der Waals surface area contributed by atoms with Crippen LogP contribution in [-0.4, -0.2) is 53.1 Å². The van der Waals surface area contributed by atoms with Crippen molar-refractivity contribution in [1.29, 1.82) is 0 Å². The Balaban J connectivity index is 1.46. The number of benzene rings is 1. The predicted molar refractivity (Wildman–Crippen MR) is 122 cm³/mol. The summed E-state index contributed by atoms with van der Waals surface area (Å²) in [4.78, 5) is 18.4. The summed E-state index contributed by atoms with van der Waals surface area (Å²) in [5, 5.41) is 4.00. The fourth-order valence-electron chi connectivity index (χ4n) is 5.19. The Kier molecular flexibility index (Phi) is 5.60. The van der Waals surface area contributed by atoms with E-state index in [-0.39, 0.29) is 5.56 Å². The van der Waals surface area contributed by atoms with Gasteiger partial charge in [0.05, 0.1) is 23.3 Å². The van der Waals surface area contributed by atoms with E-state index in [1.807, 2.05) is 6.07 Å². The molecular weight excluding hydrogens is 429 g/mol. The summed E-state index contributed by atoms with van der Waals surface area (Å²) in [5.41, 5.74) is 0.256. The first-order valence-electron chi connectivity index (χ1n) is 11.2. The smallest absolute Gasteiger partial charge is 0.266 e. The maximum atomic E-state index is 14.7. The van der Waals surface area contributed by atoms with Gasteiger partial charge in [-0.1, -0.05) is 18.2 Å². The number of hydrogen-bond donors (Lipinski definition) is 1. The van der Waals surface area contributed by atoms with E-state index in [9.17, 15) is 13.2 Å². The van der Waals surface area contributed by atoms with E-state index in [2.05, 4.69) is 37.1 Å². The van der Waals surface area contributed by atoms with Gasteiger partial charge in [0.15, 0.2) is 0 Å². The second kappa shape index (κ2) is 8.44. The molecule has 4 heterocycles. The van der Waals surface area contributed by atoms with Gasteiger partial charge in [0.25, 0.3) is 6.43 Å². The summed E-state index contributed by atoms with van der Waals surface area (Å²) in [6, 6.07) is 5.48. The van der Waals surface area contributed by atoms with Crippen LogP contribution in [0.5, 0.6) is 0 Å². The lowest BCUT2D eigenvalue weighted by atomic mass is 10.0. The third kappa shape index (κ3) is 4.10. The molecule has 6 nitrogen and oxygen atoms in total. The molecule has 2 fully saturated rings. The number of pyridine rings is 1. The third-order valence-corrected chi connectivity index (χ3v) is 6.79. The molecule has 2 aromatic heterocycles. The van der Waals surface area contributed by atoms with Crippen molar-refractivity contribution < 1.29 is 13.2 Å². The Morgan fingerprint density at radius 1 is 1.06 bits per heavy atom. The van der Waals surface area contributed by atoms with Crippen molar-refractivity contribution in [3.05, 3.63) is 53.2 Å². The van der Waals surface area contributed by atoms with Crippen molar-refractivity contribution in [2.75, 3.05) is 43.4 Å². The molecule has 0 aliphatic carbocycles. The lowest BCUT2D eigenvalue weighted by molar-refractivity contribution is 0.146. The van der Waals surface area contributed by atoms with Crippen LogP contribution in [0.2, 0.25) is 0 Å². The van der Waals surface area contributed by atoms with Gasteiger partial charge in [-0.25, -0.2) is 28.1 Å². The van der Waals surface area contributed by atoms with E-state index in [0.717, 1.165) is 43.4 Å². The number of aromatic nitrogens is 3. The van der Waals surface area contributed by atoms with E-state index in [1.54, 1.807) is 20.0 Å². The van der Waals surface area contributed by atoms with Crippen LogP contribution < -0.4 is 10.2 Å². The second-order valence-corrected chi connectivity index (χ2v) is 9.24. The van der Waals surface area contributed by atoms with E-state index in [0.29, 0.717) is 29.0 Å². The largest absolute Gasteiger partial charge is 0.363 e. The molecule has 0 saturated carbocycles. The fourth-order valence-corrected chi connectivity index (χ4v) is 5.19. The molecule has 3 atom stereocenters. The number of nitrogens with zero attached hydrogens (tertiary/aromatic N) is 5. The van der Waals surface area contributed by atoms with E-state index in [1.165, 1.54) is 12.1 Å². The second-order valence-electron chi connectivity index (χ2n) is 9.24. The van der Waals surface area contributed by atoms with Gasteiger partial charge >= 0.3 is 0 Å². The average molecular weight is 457 g/mol. The van der Waals surface area contributed by atoms with Crippen molar-refractivity contribution in [2.24, 2.45) is 11.8 Å². The van der Waals surface area contributed by atoms with Crippen molar-refractivity contribution >= 4 is 22.5 Å². The molecule has 174 valence electrons. The van der Waals surface area contributed by atoms with Crippen LogP contribution in [0, 0.1) is 24.6 Å². The molecule has 1 aromatic carbocycles. The summed E-state index contributed by atoms with van der Waals surface area (Å²) in [7, 11) is 2.16. The molecule has 1 N–H and O–H groups in total. The Morgan fingerprint density at radius 3 is 2.45 bits per heavy atom. The topological polar surface area (TPSA) is 57.2 Å². The zero-order chi connectivity index (χ0) is 23.3. The van der Waals surface area contributed by atoms with Crippen molar-refractivity contribution in [2.45, 2.75) is 26.3 Å². The highest BCUT2D eigenvalue weighted by atomic mass is 19.3. The molecule has 0 spiro atoms.